The number of carbonyl (C=O) groups is 2. The summed E-state index contributed by atoms with van der Waals surface area (Å²) in [7, 11) is 0. The maximum absolute atomic E-state index is 13.8. The predicted molar refractivity (Wildman–Crippen MR) is 147 cm³/mol. The first kappa shape index (κ1) is 26.5. The number of benzene rings is 3. The van der Waals surface area contributed by atoms with Crippen LogP contribution in [0.3, 0.4) is 0 Å². The van der Waals surface area contributed by atoms with Crippen LogP contribution in [0.25, 0.3) is 0 Å². The third-order valence-electron chi connectivity index (χ3n) is 7.14. The molecule has 5 nitrogen and oxygen atoms in total. The monoisotopic (exact) mass is 498 g/mol. The summed E-state index contributed by atoms with van der Waals surface area (Å²) in [6.45, 7) is 4.21. The van der Waals surface area contributed by atoms with Crippen LogP contribution in [0.4, 0.5) is 0 Å². The van der Waals surface area contributed by atoms with Gasteiger partial charge in [-0.1, -0.05) is 97.6 Å². The minimum absolute atomic E-state index is 0.0906. The standard InChI is InChI=1S/C32H38N2O3/c1-24-17-19-27(20-18-24)22-34(31(35)23-37-30-16-10-9-11-25(30)2)29(21-26-12-5-3-6-13-26)32(36)33-28-14-7-4-8-15-28/h3,5-6,9-13,16-20,28-29H,4,7-8,14-15,21-23H2,1-2H3,(H,33,36). The Balaban J connectivity index is 1.61. The number of nitrogens with zero attached hydrogens (tertiary/aromatic N) is 1. The summed E-state index contributed by atoms with van der Waals surface area (Å²) >= 11 is 0. The van der Waals surface area contributed by atoms with Crippen LogP contribution in [0.5, 0.6) is 5.75 Å². The van der Waals surface area contributed by atoms with Gasteiger partial charge in [-0.15, -0.1) is 0 Å². The highest BCUT2D eigenvalue weighted by Crippen LogP contribution is 2.21. The van der Waals surface area contributed by atoms with Gasteiger partial charge in [0, 0.05) is 19.0 Å². The van der Waals surface area contributed by atoms with Gasteiger partial charge < -0.3 is 15.0 Å². The Kier molecular flexibility index (Phi) is 9.36. The molecule has 0 bridgehead atoms. The molecular weight excluding hydrogens is 460 g/mol. The second kappa shape index (κ2) is 13.1. The van der Waals surface area contributed by atoms with Gasteiger partial charge in [-0.25, -0.2) is 0 Å². The summed E-state index contributed by atoms with van der Waals surface area (Å²) in [5.74, 6) is 0.382. The Hall–Kier alpha value is -3.60. The average Bonchev–Trinajstić information content (AvgIpc) is 2.92. The third-order valence-corrected chi connectivity index (χ3v) is 7.14. The molecule has 194 valence electrons. The van der Waals surface area contributed by atoms with Crippen LogP contribution in [-0.4, -0.2) is 35.4 Å². The normalized spacial score (nSPS) is 14.5. The SMILES string of the molecule is Cc1ccc(CN(C(=O)COc2ccccc2C)C(Cc2ccccc2)C(=O)NC2CCCCC2)cc1. The van der Waals surface area contributed by atoms with Gasteiger partial charge in [0.05, 0.1) is 0 Å². The van der Waals surface area contributed by atoms with E-state index < -0.39 is 6.04 Å². The maximum Gasteiger partial charge on any atom is 0.261 e. The second-order valence-corrected chi connectivity index (χ2v) is 10.1. The molecule has 37 heavy (non-hydrogen) atoms. The van der Waals surface area contributed by atoms with Gasteiger partial charge in [-0.2, -0.15) is 0 Å². The van der Waals surface area contributed by atoms with Crippen molar-refractivity contribution in [2.75, 3.05) is 6.61 Å². The molecule has 0 saturated heterocycles. The fourth-order valence-corrected chi connectivity index (χ4v) is 4.93. The number of hydrogen-bond acceptors (Lipinski definition) is 3. The number of ether oxygens (including phenoxy) is 1. The van der Waals surface area contributed by atoms with Crippen molar-refractivity contribution < 1.29 is 14.3 Å². The van der Waals surface area contributed by atoms with Gasteiger partial charge in [0.2, 0.25) is 5.91 Å². The highest BCUT2D eigenvalue weighted by molar-refractivity contribution is 5.88. The molecule has 5 heteroatoms. The number of amides is 2. The molecule has 1 atom stereocenters. The number of para-hydroxylation sites is 1. The van der Waals surface area contributed by atoms with E-state index in [0.717, 1.165) is 47.9 Å². The first-order valence-corrected chi connectivity index (χ1v) is 13.4. The van der Waals surface area contributed by atoms with Crippen LogP contribution in [-0.2, 0) is 22.6 Å². The molecule has 1 aliphatic rings. The lowest BCUT2D eigenvalue weighted by molar-refractivity contribution is -0.143. The Bertz CT molecular complexity index is 1150. The Morgan fingerprint density at radius 3 is 2.24 bits per heavy atom. The summed E-state index contributed by atoms with van der Waals surface area (Å²) in [5.41, 5.74) is 4.13. The Labute approximate surface area is 220 Å². The lowest BCUT2D eigenvalue weighted by atomic mass is 9.94. The maximum atomic E-state index is 13.8. The molecule has 0 spiro atoms. The third kappa shape index (κ3) is 7.69. The number of hydrogen-bond donors (Lipinski definition) is 1. The van der Waals surface area contributed by atoms with Crippen LogP contribution in [0.15, 0.2) is 78.9 Å². The summed E-state index contributed by atoms with van der Waals surface area (Å²) in [6.07, 6.45) is 5.91. The lowest BCUT2D eigenvalue weighted by Crippen LogP contribution is -2.53. The molecule has 1 aliphatic carbocycles. The van der Waals surface area contributed by atoms with Crippen molar-refractivity contribution in [2.24, 2.45) is 0 Å². The molecule has 1 unspecified atom stereocenters. The molecule has 1 N–H and O–H groups in total. The molecular formula is C32H38N2O3. The minimum Gasteiger partial charge on any atom is -0.484 e. The lowest BCUT2D eigenvalue weighted by Gasteiger charge is -2.33. The quantitative estimate of drug-likeness (QED) is 0.386. The van der Waals surface area contributed by atoms with E-state index in [1.807, 2.05) is 92.7 Å². The van der Waals surface area contributed by atoms with Crippen LogP contribution >= 0.6 is 0 Å². The van der Waals surface area contributed by atoms with Crippen molar-refractivity contribution in [1.82, 2.24) is 10.2 Å². The summed E-state index contributed by atoms with van der Waals surface area (Å²) < 4.78 is 5.94. The van der Waals surface area contributed by atoms with Gasteiger partial charge in [-0.05, 0) is 49.4 Å². The summed E-state index contributed by atoms with van der Waals surface area (Å²) in [4.78, 5) is 29.2. The van der Waals surface area contributed by atoms with Crippen LogP contribution in [0.2, 0.25) is 0 Å². The van der Waals surface area contributed by atoms with E-state index in [1.165, 1.54) is 6.42 Å². The number of aryl methyl sites for hydroxylation is 2. The first-order valence-electron chi connectivity index (χ1n) is 13.4. The van der Waals surface area contributed by atoms with Crippen molar-refractivity contribution in [3.05, 3.63) is 101 Å². The zero-order chi connectivity index (χ0) is 26.0. The van der Waals surface area contributed by atoms with Crippen molar-refractivity contribution in [2.45, 2.75) is 71.0 Å². The predicted octanol–water partition coefficient (Wildman–Crippen LogP) is 5.77. The van der Waals surface area contributed by atoms with E-state index >= 15 is 0 Å². The van der Waals surface area contributed by atoms with Gasteiger partial charge in [0.1, 0.15) is 11.8 Å². The molecule has 1 saturated carbocycles. The molecule has 0 radical (unpaired) electrons. The van der Waals surface area contributed by atoms with Gasteiger partial charge in [-0.3, -0.25) is 9.59 Å². The zero-order valence-corrected chi connectivity index (χ0v) is 22.0. The minimum atomic E-state index is -0.640. The number of nitrogens with one attached hydrogen (secondary N) is 1. The van der Waals surface area contributed by atoms with Crippen LogP contribution in [0, 0.1) is 13.8 Å². The van der Waals surface area contributed by atoms with Gasteiger partial charge in [0.15, 0.2) is 6.61 Å². The van der Waals surface area contributed by atoms with E-state index in [1.54, 1.807) is 4.90 Å². The summed E-state index contributed by atoms with van der Waals surface area (Å²) in [5, 5.41) is 3.28. The smallest absolute Gasteiger partial charge is 0.261 e. The Morgan fingerprint density at radius 2 is 1.54 bits per heavy atom. The molecule has 2 amide bonds. The first-order chi connectivity index (χ1) is 18.0. The van der Waals surface area contributed by atoms with E-state index in [4.69, 9.17) is 4.74 Å². The van der Waals surface area contributed by atoms with E-state index in [2.05, 4.69) is 5.32 Å². The van der Waals surface area contributed by atoms with Crippen molar-refractivity contribution in [3.63, 3.8) is 0 Å². The van der Waals surface area contributed by atoms with Crippen molar-refractivity contribution >= 4 is 11.8 Å². The zero-order valence-electron chi connectivity index (χ0n) is 22.0. The fourth-order valence-electron chi connectivity index (χ4n) is 4.93. The fraction of sp³-hybridized carbons (Fsp3) is 0.375. The molecule has 3 aromatic carbocycles. The largest absolute Gasteiger partial charge is 0.484 e. The topological polar surface area (TPSA) is 58.6 Å². The number of rotatable bonds is 10. The van der Waals surface area contributed by atoms with Crippen LogP contribution in [0.1, 0.15) is 54.4 Å². The molecule has 0 aliphatic heterocycles. The van der Waals surface area contributed by atoms with Crippen LogP contribution < -0.4 is 10.1 Å². The highest BCUT2D eigenvalue weighted by Gasteiger charge is 2.32. The van der Waals surface area contributed by atoms with E-state index in [-0.39, 0.29) is 24.5 Å². The Morgan fingerprint density at radius 1 is 0.865 bits per heavy atom. The summed E-state index contributed by atoms with van der Waals surface area (Å²) in [6, 6.07) is 25.2. The molecule has 0 aromatic heterocycles. The average molecular weight is 499 g/mol. The van der Waals surface area contributed by atoms with E-state index in [0.29, 0.717) is 18.7 Å². The second-order valence-electron chi connectivity index (χ2n) is 10.1. The molecule has 4 rings (SSSR count). The van der Waals surface area contributed by atoms with Gasteiger partial charge in [0.25, 0.3) is 5.91 Å². The van der Waals surface area contributed by atoms with E-state index in [9.17, 15) is 9.59 Å². The van der Waals surface area contributed by atoms with Crippen molar-refractivity contribution in [1.29, 1.82) is 0 Å². The highest BCUT2D eigenvalue weighted by atomic mass is 16.5. The molecule has 1 fully saturated rings. The molecule has 3 aromatic rings. The number of carbonyl (C=O) groups excluding carboxylic acids is 2. The van der Waals surface area contributed by atoms with Gasteiger partial charge >= 0.3 is 0 Å². The molecule has 0 heterocycles. The van der Waals surface area contributed by atoms with Crippen molar-refractivity contribution in [3.8, 4) is 5.75 Å².